The number of pyridine rings is 1. The van der Waals surface area contributed by atoms with Gasteiger partial charge in [-0.3, -0.25) is 0 Å². The van der Waals surface area contributed by atoms with Crippen LogP contribution in [0.25, 0.3) is 39.2 Å². The summed E-state index contributed by atoms with van der Waals surface area (Å²) < 4.78 is 12.9. The predicted octanol–water partition coefficient (Wildman–Crippen LogP) is 3.63. The summed E-state index contributed by atoms with van der Waals surface area (Å²) in [5.41, 5.74) is 5.66. The zero-order valence-electron chi connectivity index (χ0n) is 19.0. The maximum Gasteiger partial charge on any atom is 0.296 e. The maximum atomic E-state index is 10.2. The van der Waals surface area contributed by atoms with Gasteiger partial charge in [0, 0.05) is 18.0 Å². The number of fused-ring (bicyclic) bond motifs is 1. The number of imidazole rings is 1. The average Bonchev–Trinajstić information content (AvgIpc) is 3.65. The van der Waals surface area contributed by atoms with Gasteiger partial charge < -0.3 is 24.7 Å². The quantitative estimate of drug-likeness (QED) is 0.324. The monoisotopic (exact) mass is 503 g/mol. The summed E-state index contributed by atoms with van der Waals surface area (Å²) in [6.07, 6.45) is 1.40. The van der Waals surface area contributed by atoms with Crippen molar-refractivity contribution in [1.29, 1.82) is 0 Å². The summed E-state index contributed by atoms with van der Waals surface area (Å²) >= 11 is 6.55. The molecule has 3 aromatic heterocycles. The van der Waals surface area contributed by atoms with E-state index in [1.54, 1.807) is 12.3 Å². The van der Waals surface area contributed by atoms with Gasteiger partial charge in [0.1, 0.15) is 12.2 Å². The molecule has 3 atom stereocenters. The van der Waals surface area contributed by atoms with Crippen molar-refractivity contribution in [3.8, 4) is 34.1 Å². The number of aromatic nitrogens is 5. The lowest BCUT2D eigenvalue weighted by Crippen LogP contribution is -2.36. The van der Waals surface area contributed by atoms with Gasteiger partial charge in [-0.1, -0.05) is 48.0 Å². The zero-order valence-corrected chi connectivity index (χ0v) is 19.7. The molecule has 36 heavy (non-hydrogen) atoms. The lowest BCUT2D eigenvalue weighted by atomic mass is 10.0. The number of aliphatic hydroxyl groups excluding tert-OH is 2. The minimum Gasteiger partial charge on any atom is -0.456 e. The molecule has 5 aromatic rings. The summed E-state index contributed by atoms with van der Waals surface area (Å²) in [4.78, 5) is 12.1. The van der Waals surface area contributed by atoms with Gasteiger partial charge >= 0.3 is 0 Å². The molecule has 10 heteroatoms. The number of aliphatic hydroxyl groups is 2. The molecular weight excluding hydrogens is 482 g/mol. The van der Waals surface area contributed by atoms with Crippen LogP contribution in [0.1, 0.15) is 0 Å². The number of halogens is 1. The molecule has 182 valence electrons. The van der Waals surface area contributed by atoms with Crippen molar-refractivity contribution in [2.75, 3.05) is 13.2 Å². The Morgan fingerprint density at radius 1 is 1.06 bits per heavy atom. The first kappa shape index (κ1) is 22.7. The van der Waals surface area contributed by atoms with E-state index in [9.17, 15) is 10.2 Å². The summed E-state index contributed by atoms with van der Waals surface area (Å²) in [5, 5.41) is 24.2. The van der Waals surface area contributed by atoms with E-state index in [1.165, 1.54) is 0 Å². The SMILES string of the molecule is OC[C@H]1OC[C@@H](Oc2nc3nc(-c4ccc(-c5ccc(-n6cccn6)cc5)cc4)c(Cl)cc3[nH]2)[C@@H]1O. The molecule has 0 unspecified atom stereocenters. The second-order valence-corrected chi connectivity index (χ2v) is 8.92. The van der Waals surface area contributed by atoms with E-state index in [1.807, 2.05) is 53.3 Å². The van der Waals surface area contributed by atoms with Gasteiger partial charge in [0.15, 0.2) is 11.8 Å². The van der Waals surface area contributed by atoms with E-state index in [0.29, 0.717) is 21.9 Å². The molecular formula is C26H22ClN5O4. The number of rotatable bonds is 6. The van der Waals surface area contributed by atoms with Crippen molar-refractivity contribution in [3.05, 3.63) is 78.1 Å². The summed E-state index contributed by atoms with van der Waals surface area (Å²) in [6.45, 7) is -0.127. The molecule has 0 bridgehead atoms. The van der Waals surface area contributed by atoms with Gasteiger partial charge in [-0.15, -0.1) is 0 Å². The Morgan fingerprint density at radius 3 is 2.44 bits per heavy atom. The first-order valence-electron chi connectivity index (χ1n) is 11.4. The highest BCUT2D eigenvalue weighted by molar-refractivity contribution is 6.33. The molecule has 6 rings (SSSR count). The van der Waals surface area contributed by atoms with Gasteiger partial charge in [0.2, 0.25) is 0 Å². The number of hydrogen-bond donors (Lipinski definition) is 3. The van der Waals surface area contributed by atoms with Gasteiger partial charge in [-0.2, -0.15) is 10.1 Å². The standard InChI is InChI=1S/C26H22ClN5O4/c27-19-12-20-25(31-26(29-20)36-22-14-35-21(13-33)24(22)34)30-23(19)17-4-2-15(3-5-17)16-6-8-18(9-7-16)32-11-1-10-28-32/h1-12,21-22,24,33-34H,13-14H2,(H,29,30,31)/t21-,22-,24-/m1/s1. The molecule has 3 N–H and O–H groups in total. The Hall–Kier alpha value is -3.76. The summed E-state index contributed by atoms with van der Waals surface area (Å²) in [5.74, 6) is 0. The Kier molecular flexibility index (Phi) is 5.90. The Labute approximate surface area is 210 Å². The molecule has 4 heterocycles. The fourth-order valence-corrected chi connectivity index (χ4v) is 4.53. The topological polar surface area (TPSA) is 118 Å². The number of hydrogen-bond acceptors (Lipinski definition) is 7. The van der Waals surface area contributed by atoms with Crippen LogP contribution in [-0.2, 0) is 4.74 Å². The Morgan fingerprint density at radius 2 is 1.78 bits per heavy atom. The van der Waals surface area contributed by atoms with E-state index in [0.717, 1.165) is 22.4 Å². The normalized spacial score (nSPS) is 19.7. The highest BCUT2D eigenvalue weighted by Crippen LogP contribution is 2.32. The van der Waals surface area contributed by atoms with Crippen LogP contribution in [-0.4, -0.2) is 66.5 Å². The molecule has 1 saturated heterocycles. The molecule has 0 amide bonds. The largest absolute Gasteiger partial charge is 0.456 e. The van der Waals surface area contributed by atoms with Crippen molar-refractivity contribution in [3.63, 3.8) is 0 Å². The third-order valence-corrected chi connectivity index (χ3v) is 6.50. The molecule has 1 aliphatic rings. The number of nitrogens with one attached hydrogen (secondary N) is 1. The van der Waals surface area contributed by atoms with Crippen molar-refractivity contribution in [1.82, 2.24) is 24.7 Å². The number of H-pyrrole nitrogens is 1. The second kappa shape index (κ2) is 9.36. The van der Waals surface area contributed by atoms with Crippen molar-refractivity contribution in [2.24, 2.45) is 0 Å². The molecule has 0 spiro atoms. The second-order valence-electron chi connectivity index (χ2n) is 8.51. The summed E-state index contributed by atoms with van der Waals surface area (Å²) in [6, 6.07) is 20.0. The van der Waals surface area contributed by atoms with Gasteiger partial charge in [-0.05, 0) is 35.4 Å². The Bertz CT molecular complexity index is 1490. The van der Waals surface area contributed by atoms with Crippen molar-refractivity contribution < 1.29 is 19.7 Å². The van der Waals surface area contributed by atoms with Crippen LogP contribution in [0.2, 0.25) is 5.02 Å². The van der Waals surface area contributed by atoms with Crippen LogP contribution < -0.4 is 4.74 Å². The van der Waals surface area contributed by atoms with Crippen molar-refractivity contribution >= 4 is 22.8 Å². The lowest BCUT2D eigenvalue weighted by molar-refractivity contribution is -0.00390. The zero-order chi connectivity index (χ0) is 24.6. The van der Waals surface area contributed by atoms with Crippen molar-refractivity contribution in [2.45, 2.75) is 18.3 Å². The number of benzene rings is 2. The fraction of sp³-hybridized carbons (Fsp3) is 0.192. The van der Waals surface area contributed by atoms with Gasteiger partial charge in [0.05, 0.1) is 35.1 Å². The van der Waals surface area contributed by atoms with E-state index < -0.39 is 18.3 Å². The van der Waals surface area contributed by atoms with Crippen LogP contribution in [0.3, 0.4) is 0 Å². The minimum atomic E-state index is -0.949. The van der Waals surface area contributed by atoms with Crippen LogP contribution in [0.4, 0.5) is 0 Å². The third kappa shape index (κ3) is 4.22. The third-order valence-electron chi connectivity index (χ3n) is 6.21. The van der Waals surface area contributed by atoms with E-state index in [2.05, 4.69) is 32.2 Å². The smallest absolute Gasteiger partial charge is 0.296 e. The maximum absolute atomic E-state index is 10.2. The highest BCUT2D eigenvalue weighted by Gasteiger charge is 2.37. The molecule has 0 radical (unpaired) electrons. The van der Waals surface area contributed by atoms with Crippen LogP contribution in [0, 0.1) is 0 Å². The van der Waals surface area contributed by atoms with Crippen LogP contribution in [0.15, 0.2) is 73.1 Å². The molecule has 0 aliphatic carbocycles. The van der Waals surface area contributed by atoms with Gasteiger partial charge in [-0.25, -0.2) is 9.67 Å². The summed E-state index contributed by atoms with van der Waals surface area (Å²) in [7, 11) is 0. The molecule has 0 saturated carbocycles. The number of nitrogens with zero attached hydrogens (tertiary/aromatic N) is 4. The predicted molar refractivity (Wildman–Crippen MR) is 134 cm³/mol. The van der Waals surface area contributed by atoms with Gasteiger partial charge in [0.25, 0.3) is 6.01 Å². The molecule has 2 aromatic carbocycles. The lowest BCUT2D eigenvalue weighted by Gasteiger charge is -2.15. The first-order chi connectivity index (χ1) is 17.6. The van der Waals surface area contributed by atoms with Crippen LogP contribution >= 0.6 is 11.6 Å². The van der Waals surface area contributed by atoms with E-state index >= 15 is 0 Å². The van der Waals surface area contributed by atoms with Crippen LogP contribution in [0.5, 0.6) is 6.01 Å². The molecule has 1 aliphatic heterocycles. The fourth-order valence-electron chi connectivity index (χ4n) is 4.27. The molecule has 1 fully saturated rings. The van der Waals surface area contributed by atoms with E-state index in [-0.39, 0.29) is 19.2 Å². The van der Waals surface area contributed by atoms with E-state index in [4.69, 9.17) is 21.1 Å². The Balaban J connectivity index is 1.22. The first-order valence-corrected chi connectivity index (χ1v) is 11.8. The number of aromatic amines is 1. The highest BCUT2D eigenvalue weighted by atomic mass is 35.5. The average molecular weight is 504 g/mol. The minimum absolute atomic E-state index is 0.154. The molecule has 9 nitrogen and oxygen atoms in total. The number of ether oxygens (including phenoxy) is 2.